The predicted molar refractivity (Wildman–Crippen MR) is 103 cm³/mol. The summed E-state index contributed by atoms with van der Waals surface area (Å²) in [5.41, 5.74) is 4.90. The van der Waals surface area contributed by atoms with Crippen molar-refractivity contribution in [2.45, 2.75) is 74.1 Å². The molecule has 22 heavy (non-hydrogen) atoms. The molecule has 0 rings (SSSR count). The van der Waals surface area contributed by atoms with Gasteiger partial charge in [-0.1, -0.05) is 78.3 Å². The maximum absolute atomic E-state index is 4.28. The summed E-state index contributed by atoms with van der Waals surface area (Å²) in [4.78, 5) is 0. The highest BCUT2D eigenvalue weighted by molar-refractivity contribution is 5.45. The van der Waals surface area contributed by atoms with Crippen molar-refractivity contribution < 1.29 is 0 Å². The third-order valence-corrected chi connectivity index (χ3v) is 4.63. The van der Waals surface area contributed by atoms with Crippen LogP contribution in [0, 0.1) is 17.8 Å². The van der Waals surface area contributed by atoms with Gasteiger partial charge in [0, 0.05) is 0 Å². The molecule has 0 N–H and O–H groups in total. The van der Waals surface area contributed by atoms with Gasteiger partial charge in [0.25, 0.3) is 0 Å². The Morgan fingerprint density at radius 1 is 0.955 bits per heavy atom. The van der Waals surface area contributed by atoms with Gasteiger partial charge in [0.1, 0.15) is 0 Å². The Balaban J connectivity index is 4.65. The second kappa shape index (κ2) is 10.6. The lowest BCUT2D eigenvalue weighted by atomic mass is 9.86. The van der Waals surface area contributed by atoms with Crippen LogP contribution in [-0.2, 0) is 0 Å². The van der Waals surface area contributed by atoms with Gasteiger partial charge in [-0.05, 0) is 61.2 Å². The summed E-state index contributed by atoms with van der Waals surface area (Å²) in [6.45, 7) is 24.1. The summed E-state index contributed by atoms with van der Waals surface area (Å²) in [5.74, 6) is 2.33. The molecule has 0 aliphatic rings. The topological polar surface area (TPSA) is 0 Å². The van der Waals surface area contributed by atoms with Gasteiger partial charge < -0.3 is 0 Å². The Bertz CT molecular complexity index is 417. The zero-order valence-corrected chi connectivity index (χ0v) is 16.1. The van der Waals surface area contributed by atoms with Crippen LogP contribution in [0.15, 0.2) is 47.6 Å². The van der Waals surface area contributed by atoms with E-state index in [9.17, 15) is 0 Å². The monoisotopic (exact) mass is 302 g/mol. The Hall–Kier alpha value is -1.04. The Morgan fingerprint density at radius 2 is 1.55 bits per heavy atom. The molecule has 0 radical (unpaired) electrons. The van der Waals surface area contributed by atoms with Crippen LogP contribution in [0.2, 0.25) is 0 Å². The van der Waals surface area contributed by atoms with E-state index >= 15 is 0 Å². The molecule has 0 spiro atoms. The molecule has 126 valence electrons. The SMILES string of the molecule is C=C(C)/C=C(/CC)C(=C)/C(C)=C/CC(C)C(C)CCC(C)C. The molecular weight excluding hydrogens is 264 g/mol. The Labute approximate surface area is 140 Å². The van der Waals surface area contributed by atoms with Gasteiger partial charge in [0.05, 0.1) is 0 Å². The molecule has 2 atom stereocenters. The highest BCUT2D eigenvalue weighted by Crippen LogP contribution is 2.26. The van der Waals surface area contributed by atoms with Crippen LogP contribution >= 0.6 is 0 Å². The third kappa shape index (κ3) is 8.41. The van der Waals surface area contributed by atoms with Crippen molar-refractivity contribution in [1.82, 2.24) is 0 Å². The molecular formula is C22H38. The molecule has 2 unspecified atom stereocenters. The molecule has 0 heterocycles. The van der Waals surface area contributed by atoms with Crippen molar-refractivity contribution in [2.75, 3.05) is 0 Å². The van der Waals surface area contributed by atoms with E-state index in [0.29, 0.717) is 0 Å². The quantitative estimate of drug-likeness (QED) is 0.366. The average Bonchev–Trinajstić information content (AvgIpc) is 2.46. The van der Waals surface area contributed by atoms with Crippen molar-refractivity contribution in [1.29, 1.82) is 0 Å². The van der Waals surface area contributed by atoms with Gasteiger partial charge >= 0.3 is 0 Å². The minimum atomic E-state index is 0.733. The van der Waals surface area contributed by atoms with Gasteiger partial charge in [0.2, 0.25) is 0 Å². The molecule has 0 aliphatic heterocycles. The van der Waals surface area contributed by atoms with E-state index in [4.69, 9.17) is 0 Å². The normalized spacial score (nSPS) is 15.8. The van der Waals surface area contributed by atoms with E-state index in [-0.39, 0.29) is 0 Å². The fraction of sp³-hybridized carbons (Fsp3) is 0.636. The molecule has 0 fully saturated rings. The first-order chi connectivity index (χ1) is 10.2. The number of allylic oxidation sites excluding steroid dienone is 6. The summed E-state index contributed by atoms with van der Waals surface area (Å²) >= 11 is 0. The first-order valence-corrected chi connectivity index (χ1v) is 8.91. The van der Waals surface area contributed by atoms with Gasteiger partial charge in [-0.2, -0.15) is 0 Å². The maximum Gasteiger partial charge on any atom is -0.0270 e. The molecule has 0 nitrogen and oxygen atoms in total. The molecule has 0 aromatic rings. The molecule has 0 amide bonds. The zero-order chi connectivity index (χ0) is 17.3. The first kappa shape index (κ1) is 21.0. The largest absolute Gasteiger partial charge is 0.0961 e. The molecule has 0 heteroatoms. The fourth-order valence-corrected chi connectivity index (χ4v) is 2.55. The highest BCUT2D eigenvalue weighted by atomic mass is 14.2. The lowest BCUT2D eigenvalue weighted by Gasteiger charge is -2.20. The summed E-state index contributed by atoms with van der Waals surface area (Å²) in [7, 11) is 0. The summed E-state index contributed by atoms with van der Waals surface area (Å²) in [6, 6.07) is 0. The van der Waals surface area contributed by atoms with Crippen LogP contribution in [0.5, 0.6) is 0 Å². The van der Waals surface area contributed by atoms with Gasteiger partial charge in [-0.15, -0.1) is 0 Å². The second-order valence-electron chi connectivity index (χ2n) is 7.40. The minimum absolute atomic E-state index is 0.733. The summed E-state index contributed by atoms with van der Waals surface area (Å²) < 4.78 is 0. The van der Waals surface area contributed by atoms with Gasteiger partial charge in [0.15, 0.2) is 0 Å². The highest BCUT2D eigenvalue weighted by Gasteiger charge is 2.12. The summed E-state index contributed by atoms with van der Waals surface area (Å²) in [5, 5.41) is 0. The van der Waals surface area contributed by atoms with Crippen molar-refractivity contribution in [2.24, 2.45) is 17.8 Å². The summed E-state index contributed by atoms with van der Waals surface area (Å²) in [6.07, 6.45) is 9.37. The van der Waals surface area contributed by atoms with Gasteiger partial charge in [-0.3, -0.25) is 0 Å². The molecule has 0 saturated heterocycles. The fourth-order valence-electron chi connectivity index (χ4n) is 2.55. The molecule has 0 saturated carbocycles. The minimum Gasteiger partial charge on any atom is -0.0961 e. The van der Waals surface area contributed by atoms with Crippen molar-refractivity contribution >= 4 is 0 Å². The van der Waals surface area contributed by atoms with Crippen molar-refractivity contribution in [3.63, 3.8) is 0 Å². The Kier molecular flexibility index (Phi) is 10.1. The van der Waals surface area contributed by atoms with Crippen LogP contribution in [0.4, 0.5) is 0 Å². The van der Waals surface area contributed by atoms with Crippen molar-refractivity contribution in [3.8, 4) is 0 Å². The lowest BCUT2D eigenvalue weighted by molar-refractivity contribution is 0.339. The first-order valence-electron chi connectivity index (χ1n) is 8.91. The Morgan fingerprint density at radius 3 is 2.00 bits per heavy atom. The van der Waals surface area contributed by atoms with Crippen LogP contribution < -0.4 is 0 Å². The van der Waals surface area contributed by atoms with Crippen LogP contribution in [0.3, 0.4) is 0 Å². The van der Waals surface area contributed by atoms with Crippen molar-refractivity contribution in [3.05, 3.63) is 47.6 Å². The molecule has 0 bridgehead atoms. The maximum atomic E-state index is 4.28. The standard InChI is InChI=1S/C22H38/c1-10-22(15-17(4)5)21(9)20(8)14-13-19(7)18(6)12-11-16(2)3/h14-16,18-19H,4,9-13H2,1-3,5-8H3/b20-14+,22-15-. The molecule has 0 aromatic heterocycles. The molecule has 0 aliphatic carbocycles. The smallest absolute Gasteiger partial charge is 0.0270 e. The van der Waals surface area contributed by atoms with Crippen LogP contribution in [0.25, 0.3) is 0 Å². The van der Waals surface area contributed by atoms with E-state index in [1.807, 2.05) is 6.92 Å². The van der Waals surface area contributed by atoms with Gasteiger partial charge in [-0.25, -0.2) is 0 Å². The van der Waals surface area contributed by atoms with Crippen LogP contribution in [0.1, 0.15) is 74.1 Å². The average molecular weight is 303 g/mol. The molecule has 0 aromatic carbocycles. The van der Waals surface area contributed by atoms with E-state index < -0.39 is 0 Å². The number of rotatable bonds is 10. The number of hydrogen-bond donors (Lipinski definition) is 0. The van der Waals surface area contributed by atoms with E-state index in [0.717, 1.165) is 36.2 Å². The predicted octanol–water partition coefficient (Wildman–Crippen LogP) is 7.50. The van der Waals surface area contributed by atoms with E-state index in [1.165, 1.54) is 29.6 Å². The third-order valence-electron chi connectivity index (χ3n) is 4.63. The lowest BCUT2D eigenvalue weighted by Crippen LogP contribution is -2.08. The second-order valence-corrected chi connectivity index (χ2v) is 7.40. The zero-order valence-electron chi connectivity index (χ0n) is 16.1. The van der Waals surface area contributed by atoms with E-state index in [2.05, 4.69) is 66.9 Å². The van der Waals surface area contributed by atoms with Crippen LogP contribution in [-0.4, -0.2) is 0 Å². The number of hydrogen-bond acceptors (Lipinski definition) is 0. The van der Waals surface area contributed by atoms with E-state index in [1.54, 1.807) is 0 Å².